The monoisotopic (exact) mass is 291 g/mol. The van der Waals surface area contributed by atoms with Crippen LogP contribution in [0.3, 0.4) is 0 Å². The zero-order valence-corrected chi connectivity index (χ0v) is 11.0. The number of carbonyl (C=O) groups excluding carboxylic acids is 1. The van der Waals surface area contributed by atoms with Crippen LogP contribution in [-0.2, 0) is 4.74 Å². The van der Waals surface area contributed by atoms with Gasteiger partial charge in [0.1, 0.15) is 5.56 Å². The maximum absolute atomic E-state index is 11.6. The van der Waals surface area contributed by atoms with Crippen LogP contribution >= 0.6 is 23.2 Å². The molecule has 5 heteroatoms. The molecule has 0 amide bonds. The van der Waals surface area contributed by atoms with E-state index in [9.17, 15) is 4.79 Å². The summed E-state index contributed by atoms with van der Waals surface area (Å²) < 4.78 is 5.23. The zero-order chi connectivity index (χ0) is 13.4. The van der Waals surface area contributed by atoms with Crippen molar-refractivity contribution in [1.29, 1.82) is 0 Å². The molecule has 0 bridgehead atoms. The molecular formula is C14H7Cl2NO2. The van der Waals surface area contributed by atoms with Gasteiger partial charge < -0.3 is 10.1 Å². The van der Waals surface area contributed by atoms with E-state index in [-0.39, 0.29) is 0 Å². The first-order valence-electron chi connectivity index (χ1n) is 5.50. The van der Waals surface area contributed by atoms with E-state index in [4.69, 9.17) is 27.9 Å². The summed E-state index contributed by atoms with van der Waals surface area (Å²) in [5.41, 5.74) is 1.85. The summed E-state index contributed by atoms with van der Waals surface area (Å²) in [6.45, 7) is 0. The van der Waals surface area contributed by atoms with Crippen molar-refractivity contribution in [3.05, 3.63) is 63.6 Å². The topological polar surface area (TPSA) is 38.3 Å². The predicted molar refractivity (Wildman–Crippen MR) is 72.4 cm³/mol. The standard InChI is InChI=1S/C14H7Cl2NO2/c15-11-6-5-8(7-12(11)16)17-13-9-3-1-2-4-10(9)14(18)19-13/h1,3,5-7,13,17H/t13-/m1/s1. The molecule has 2 aromatic carbocycles. The summed E-state index contributed by atoms with van der Waals surface area (Å²) >= 11 is 11.8. The number of anilines is 1. The first kappa shape index (κ1) is 12.2. The van der Waals surface area contributed by atoms with Crippen LogP contribution in [0.25, 0.3) is 0 Å². The van der Waals surface area contributed by atoms with Crippen molar-refractivity contribution in [2.75, 3.05) is 5.32 Å². The third-order valence-electron chi connectivity index (χ3n) is 2.76. The minimum absolute atomic E-state index is 0.403. The molecule has 1 atom stereocenters. The lowest BCUT2D eigenvalue weighted by Crippen LogP contribution is -2.10. The molecule has 2 aromatic rings. The molecule has 94 valence electrons. The van der Waals surface area contributed by atoms with Gasteiger partial charge in [-0.05, 0) is 30.3 Å². The van der Waals surface area contributed by atoms with Gasteiger partial charge in [-0.1, -0.05) is 35.3 Å². The number of ether oxygens (including phenoxy) is 1. The van der Waals surface area contributed by atoms with Gasteiger partial charge in [-0.25, -0.2) is 4.79 Å². The van der Waals surface area contributed by atoms with Crippen LogP contribution in [0.5, 0.6) is 0 Å². The largest absolute Gasteiger partial charge is 0.433 e. The summed E-state index contributed by atoms with van der Waals surface area (Å²) in [5, 5.41) is 3.98. The van der Waals surface area contributed by atoms with Gasteiger partial charge in [0.05, 0.1) is 10.0 Å². The van der Waals surface area contributed by atoms with Crippen LogP contribution in [-0.4, -0.2) is 5.97 Å². The summed E-state index contributed by atoms with van der Waals surface area (Å²) in [4.78, 5) is 11.6. The van der Waals surface area contributed by atoms with E-state index in [1.165, 1.54) is 0 Å². The normalized spacial score (nSPS) is 16.5. The van der Waals surface area contributed by atoms with E-state index >= 15 is 0 Å². The highest BCUT2D eigenvalue weighted by molar-refractivity contribution is 6.42. The SMILES string of the molecule is O=C1O[C@@H](Nc2ccc(Cl)c(Cl)c2)c2ccc#cc21. The Hall–Kier alpha value is -1.89. The molecule has 3 rings (SSSR count). The Morgan fingerprint density at radius 1 is 1.21 bits per heavy atom. The Balaban J connectivity index is 1.89. The Morgan fingerprint density at radius 3 is 2.84 bits per heavy atom. The fourth-order valence-corrected chi connectivity index (χ4v) is 2.16. The minimum atomic E-state index is -0.550. The highest BCUT2D eigenvalue weighted by atomic mass is 35.5. The fraction of sp³-hybridized carbons (Fsp3) is 0.0714. The van der Waals surface area contributed by atoms with E-state index in [0.717, 1.165) is 5.56 Å². The molecule has 0 saturated carbocycles. The fourth-order valence-electron chi connectivity index (χ4n) is 1.86. The van der Waals surface area contributed by atoms with E-state index in [2.05, 4.69) is 17.4 Å². The van der Waals surface area contributed by atoms with Gasteiger partial charge in [0.25, 0.3) is 0 Å². The number of benzene rings is 1. The molecule has 0 radical (unpaired) electrons. The van der Waals surface area contributed by atoms with Crippen molar-refractivity contribution in [2.24, 2.45) is 0 Å². The quantitative estimate of drug-likeness (QED) is 0.854. The van der Waals surface area contributed by atoms with Gasteiger partial charge in [0.15, 0.2) is 0 Å². The van der Waals surface area contributed by atoms with Crippen molar-refractivity contribution >= 4 is 34.9 Å². The molecule has 1 aliphatic heterocycles. The highest BCUT2D eigenvalue weighted by Gasteiger charge is 2.30. The van der Waals surface area contributed by atoms with Crippen LogP contribution in [0.4, 0.5) is 5.69 Å². The van der Waals surface area contributed by atoms with Gasteiger partial charge in [0, 0.05) is 11.3 Å². The lowest BCUT2D eigenvalue weighted by molar-refractivity contribution is 0.0437. The van der Waals surface area contributed by atoms with Gasteiger partial charge in [-0.15, -0.1) is 0 Å². The number of cyclic esters (lactones) is 1. The van der Waals surface area contributed by atoms with Crippen molar-refractivity contribution < 1.29 is 9.53 Å². The smallest absolute Gasteiger partial charge is 0.349 e. The molecule has 0 spiro atoms. The van der Waals surface area contributed by atoms with Crippen LogP contribution < -0.4 is 5.32 Å². The highest BCUT2D eigenvalue weighted by Crippen LogP contribution is 2.32. The number of hydrogen-bond donors (Lipinski definition) is 1. The maximum atomic E-state index is 11.6. The predicted octanol–water partition coefficient (Wildman–Crippen LogP) is 3.87. The summed E-state index contributed by atoms with van der Waals surface area (Å²) in [7, 11) is 0. The average Bonchev–Trinajstić information content (AvgIpc) is 2.72. The van der Waals surface area contributed by atoms with Gasteiger partial charge in [0.2, 0.25) is 6.23 Å². The number of halogens is 2. The molecule has 3 nitrogen and oxygen atoms in total. The Kier molecular flexibility index (Phi) is 2.98. The second kappa shape index (κ2) is 4.65. The van der Waals surface area contributed by atoms with Gasteiger partial charge >= 0.3 is 5.97 Å². The van der Waals surface area contributed by atoms with Crippen molar-refractivity contribution in [2.45, 2.75) is 6.23 Å². The molecule has 0 aliphatic carbocycles. The molecule has 19 heavy (non-hydrogen) atoms. The summed E-state index contributed by atoms with van der Waals surface area (Å²) in [6, 6.07) is 14.0. The lowest BCUT2D eigenvalue weighted by atomic mass is 10.1. The van der Waals surface area contributed by atoms with Gasteiger partial charge in [-0.2, -0.15) is 0 Å². The molecule has 1 heterocycles. The molecule has 0 unspecified atom stereocenters. The second-order valence-corrected chi connectivity index (χ2v) is 4.81. The average molecular weight is 292 g/mol. The van der Waals surface area contributed by atoms with Crippen molar-refractivity contribution in [3.8, 4) is 0 Å². The first-order valence-corrected chi connectivity index (χ1v) is 6.25. The molecule has 0 saturated heterocycles. The lowest BCUT2D eigenvalue weighted by Gasteiger charge is -2.14. The third-order valence-corrected chi connectivity index (χ3v) is 3.50. The summed E-state index contributed by atoms with van der Waals surface area (Å²) in [5.74, 6) is -0.413. The summed E-state index contributed by atoms with van der Waals surface area (Å²) in [6.07, 6.45) is -0.550. The van der Waals surface area contributed by atoms with Crippen LogP contribution in [0.15, 0.2) is 30.3 Å². The van der Waals surface area contributed by atoms with Crippen molar-refractivity contribution in [1.82, 2.24) is 0 Å². The number of hydrogen-bond acceptors (Lipinski definition) is 3. The van der Waals surface area contributed by atoms with E-state index in [1.807, 2.05) is 0 Å². The molecule has 1 N–H and O–H groups in total. The van der Waals surface area contributed by atoms with Crippen LogP contribution in [0.2, 0.25) is 10.0 Å². The molecule has 1 aliphatic rings. The Labute approximate surface area is 120 Å². The maximum Gasteiger partial charge on any atom is 0.349 e. The molecule has 0 aromatic heterocycles. The zero-order valence-electron chi connectivity index (χ0n) is 9.54. The third kappa shape index (κ3) is 2.21. The van der Waals surface area contributed by atoms with Crippen LogP contribution in [0.1, 0.15) is 22.1 Å². The molecular weight excluding hydrogens is 285 g/mol. The van der Waals surface area contributed by atoms with E-state index < -0.39 is 12.2 Å². The van der Waals surface area contributed by atoms with E-state index in [0.29, 0.717) is 21.3 Å². The van der Waals surface area contributed by atoms with E-state index in [1.54, 1.807) is 30.3 Å². The first-order chi connectivity index (χ1) is 9.15. The van der Waals surface area contributed by atoms with Gasteiger partial charge in [-0.3, -0.25) is 0 Å². The number of fused-ring (bicyclic) bond motifs is 1. The van der Waals surface area contributed by atoms with Crippen molar-refractivity contribution in [3.63, 3.8) is 0 Å². The Bertz CT molecular complexity index is 658. The number of nitrogens with one attached hydrogen (secondary N) is 1. The number of esters is 1. The molecule has 0 fully saturated rings. The Morgan fingerprint density at radius 2 is 2.05 bits per heavy atom. The number of carbonyl (C=O) groups is 1. The number of rotatable bonds is 2. The minimum Gasteiger partial charge on any atom is -0.433 e. The second-order valence-electron chi connectivity index (χ2n) is 3.99. The van der Waals surface area contributed by atoms with Crippen LogP contribution in [0, 0.1) is 12.1 Å².